The van der Waals surface area contributed by atoms with Crippen LogP contribution in [-0.4, -0.2) is 89.4 Å². The van der Waals surface area contributed by atoms with Crippen molar-refractivity contribution in [2.75, 3.05) is 51.8 Å². The van der Waals surface area contributed by atoms with E-state index in [0.717, 1.165) is 50.9 Å². The van der Waals surface area contributed by atoms with E-state index in [1.807, 2.05) is 13.0 Å². The first-order chi connectivity index (χ1) is 24.1. The molecule has 0 spiro atoms. The van der Waals surface area contributed by atoms with E-state index in [9.17, 15) is 9.18 Å². The van der Waals surface area contributed by atoms with Gasteiger partial charge in [0, 0.05) is 50.4 Å². The SMILES string of the molecule is C#Cc1c(F)ccc2cc(C)cc(-c3ncc4c(N5CC6CCC(C6)C5)nc(OCC56CCCN5[C@@H](COC(=O)N(C)C)CC6)nc4c3F)c12. The largest absolute Gasteiger partial charge is 0.461 e. The van der Waals surface area contributed by atoms with Crippen LogP contribution in [0.4, 0.5) is 19.4 Å². The molecule has 4 aliphatic rings. The smallest absolute Gasteiger partial charge is 0.409 e. The normalized spacial score (nSPS) is 24.5. The van der Waals surface area contributed by atoms with Gasteiger partial charge in [-0.15, -0.1) is 6.42 Å². The van der Waals surface area contributed by atoms with Gasteiger partial charge in [-0.05, 0) is 93.3 Å². The van der Waals surface area contributed by atoms with Crippen LogP contribution in [0.2, 0.25) is 0 Å². The van der Waals surface area contributed by atoms with E-state index < -0.39 is 11.6 Å². The van der Waals surface area contributed by atoms with Crippen molar-refractivity contribution in [1.82, 2.24) is 24.8 Å². The Balaban J connectivity index is 1.18. The summed E-state index contributed by atoms with van der Waals surface area (Å²) in [6.45, 7) is 5.14. The molecule has 4 atom stereocenters. The van der Waals surface area contributed by atoms with Crippen LogP contribution < -0.4 is 9.64 Å². The summed E-state index contributed by atoms with van der Waals surface area (Å²) < 4.78 is 44.0. The van der Waals surface area contributed by atoms with Crippen LogP contribution in [0.5, 0.6) is 6.01 Å². The van der Waals surface area contributed by atoms with E-state index in [1.54, 1.807) is 32.4 Å². The Labute approximate surface area is 291 Å². The number of aryl methyl sites for hydroxylation is 1. The number of terminal acetylenes is 1. The maximum absolute atomic E-state index is 17.0. The fraction of sp³-hybridized carbons (Fsp3) is 0.487. The number of fused-ring (bicyclic) bond motifs is 5. The van der Waals surface area contributed by atoms with Gasteiger partial charge in [0.2, 0.25) is 0 Å². The van der Waals surface area contributed by atoms with E-state index >= 15 is 4.39 Å². The van der Waals surface area contributed by atoms with Crippen LogP contribution >= 0.6 is 0 Å². The molecule has 9 nitrogen and oxygen atoms in total. The van der Waals surface area contributed by atoms with E-state index in [1.165, 1.54) is 30.2 Å². The minimum absolute atomic E-state index is 0.0501. The third kappa shape index (κ3) is 5.58. The molecule has 4 fully saturated rings. The summed E-state index contributed by atoms with van der Waals surface area (Å²) >= 11 is 0. The van der Waals surface area contributed by atoms with Crippen molar-refractivity contribution in [3.8, 4) is 29.6 Å². The van der Waals surface area contributed by atoms with Crippen LogP contribution in [0.15, 0.2) is 30.5 Å². The van der Waals surface area contributed by atoms with Gasteiger partial charge >= 0.3 is 12.1 Å². The summed E-state index contributed by atoms with van der Waals surface area (Å²) in [6, 6.07) is 6.92. The first kappa shape index (κ1) is 32.6. The minimum Gasteiger partial charge on any atom is -0.461 e. The Hall–Kier alpha value is -4.56. The molecule has 1 saturated carbocycles. The second kappa shape index (κ2) is 12.6. The molecule has 5 heterocycles. The summed E-state index contributed by atoms with van der Waals surface area (Å²) in [5, 5.41) is 1.66. The van der Waals surface area contributed by atoms with Gasteiger partial charge in [-0.2, -0.15) is 9.97 Å². The number of carbonyl (C=O) groups is 1. The summed E-state index contributed by atoms with van der Waals surface area (Å²) in [7, 11) is 3.35. The zero-order valence-electron chi connectivity index (χ0n) is 28.8. The molecule has 2 aromatic carbocycles. The number of anilines is 1. The van der Waals surface area contributed by atoms with Gasteiger partial charge in [0.25, 0.3) is 0 Å². The Morgan fingerprint density at radius 1 is 1.12 bits per heavy atom. The van der Waals surface area contributed by atoms with Gasteiger partial charge in [0.15, 0.2) is 5.82 Å². The zero-order valence-corrected chi connectivity index (χ0v) is 28.8. The van der Waals surface area contributed by atoms with Crippen molar-refractivity contribution in [3.63, 3.8) is 0 Å². The molecule has 0 radical (unpaired) electrons. The molecule has 8 rings (SSSR count). The van der Waals surface area contributed by atoms with Crippen LogP contribution in [0.25, 0.3) is 32.9 Å². The molecule has 11 heteroatoms. The Morgan fingerprint density at radius 2 is 1.92 bits per heavy atom. The average Bonchev–Trinajstić information content (AvgIpc) is 3.78. The predicted octanol–water partition coefficient (Wildman–Crippen LogP) is 6.72. The summed E-state index contributed by atoms with van der Waals surface area (Å²) in [6.07, 6.45) is 14.4. The lowest BCUT2D eigenvalue weighted by Crippen LogP contribution is -2.48. The molecule has 2 aromatic heterocycles. The number of benzene rings is 2. The van der Waals surface area contributed by atoms with Crippen LogP contribution in [0.1, 0.15) is 56.1 Å². The van der Waals surface area contributed by atoms with Gasteiger partial charge in [0.05, 0.1) is 16.5 Å². The Morgan fingerprint density at radius 3 is 2.68 bits per heavy atom. The second-order valence-electron chi connectivity index (χ2n) is 14.9. The number of amides is 1. The van der Waals surface area contributed by atoms with Gasteiger partial charge in [-0.3, -0.25) is 9.88 Å². The molecule has 50 heavy (non-hydrogen) atoms. The summed E-state index contributed by atoms with van der Waals surface area (Å²) in [5.74, 6) is 3.07. The lowest BCUT2D eigenvalue weighted by atomic mass is 9.94. The van der Waals surface area contributed by atoms with Gasteiger partial charge < -0.3 is 19.3 Å². The minimum atomic E-state index is -0.626. The van der Waals surface area contributed by atoms with Crippen molar-refractivity contribution in [2.24, 2.45) is 11.8 Å². The molecule has 4 aromatic rings. The van der Waals surface area contributed by atoms with E-state index in [-0.39, 0.29) is 40.5 Å². The van der Waals surface area contributed by atoms with Crippen LogP contribution in [-0.2, 0) is 4.74 Å². The van der Waals surface area contributed by atoms with Crippen LogP contribution in [0, 0.1) is 42.7 Å². The molecule has 0 N–H and O–H groups in total. The number of hydrogen-bond donors (Lipinski definition) is 0. The Bertz CT molecular complexity index is 2040. The second-order valence-corrected chi connectivity index (χ2v) is 14.9. The van der Waals surface area contributed by atoms with Crippen molar-refractivity contribution in [3.05, 3.63) is 53.2 Å². The van der Waals surface area contributed by atoms with Gasteiger partial charge in [0.1, 0.15) is 36.1 Å². The molecular formula is C39H42F2N6O3. The maximum Gasteiger partial charge on any atom is 0.409 e. The average molecular weight is 681 g/mol. The summed E-state index contributed by atoms with van der Waals surface area (Å²) in [4.78, 5) is 32.6. The molecule has 260 valence electrons. The molecule has 1 amide bonds. The molecule has 2 bridgehead atoms. The molecular weight excluding hydrogens is 638 g/mol. The maximum atomic E-state index is 17.0. The first-order valence-corrected chi connectivity index (χ1v) is 17.7. The van der Waals surface area contributed by atoms with E-state index in [2.05, 4.69) is 20.7 Å². The van der Waals surface area contributed by atoms with Crippen molar-refractivity contribution in [1.29, 1.82) is 0 Å². The molecule has 3 aliphatic heterocycles. The van der Waals surface area contributed by atoms with Crippen molar-refractivity contribution in [2.45, 2.75) is 63.5 Å². The number of piperidine rings is 1. The highest BCUT2D eigenvalue weighted by atomic mass is 19.1. The fourth-order valence-corrected chi connectivity index (χ4v) is 9.10. The monoisotopic (exact) mass is 680 g/mol. The number of carbonyl (C=O) groups excluding carboxylic acids is 1. The highest BCUT2D eigenvalue weighted by molar-refractivity contribution is 6.02. The number of rotatable bonds is 7. The topological polar surface area (TPSA) is 83.9 Å². The first-order valence-electron chi connectivity index (χ1n) is 17.7. The third-order valence-corrected chi connectivity index (χ3v) is 11.4. The van der Waals surface area contributed by atoms with E-state index in [4.69, 9.17) is 25.9 Å². The van der Waals surface area contributed by atoms with Crippen molar-refractivity contribution < 1.29 is 23.0 Å². The molecule has 3 saturated heterocycles. The van der Waals surface area contributed by atoms with Gasteiger partial charge in [-0.1, -0.05) is 18.1 Å². The van der Waals surface area contributed by atoms with Crippen LogP contribution in [0.3, 0.4) is 0 Å². The lowest BCUT2D eigenvalue weighted by Gasteiger charge is -2.35. The fourth-order valence-electron chi connectivity index (χ4n) is 9.10. The molecule has 3 unspecified atom stereocenters. The standard InChI is InChI=1S/C39H42F2N6O3/c1-5-28-31(40)10-9-26-15-23(2)16-29(32(26)28)34-33(41)35-30(18-42-34)36(46-19-24-7-8-25(17-24)20-46)44-37(43-35)50-22-39-12-6-14-47(39)27(11-13-39)21-49-38(48)45(3)4/h1,9-10,15-16,18,24-25,27H,6-8,11-14,17,19-22H2,2-4H3/t24?,25?,27-,39?/m1/s1. The highest BCUT2D eigenvalue weighted by Gasteiger charge is 2.50. The summed E-state index contributed by atoms with van der Waals surface area (Å²) in [5.41, 5.74) is 1.28. The number of hydrogen-bond acceptors (Lipinski definition) is 8. The predicted molar refractivity (Wildman–Crippen MR) is 188 cm³/mol. The van der Waals surface area contributed by atoms with Gasteiger partial charge in [-0.25, -0.2) is 13.6 Å². The lowest BCUT2D eigenvalue weighted by molar-refractivity contribution is 0.0484. The number of nitrogens with zero attached hydrogens (tertiary/aromatic N) is 6. The van der Waals surface area contributed by atoms with E-state index in [0.29, 0.717) is 52.6 Å². The quantitative estimate of drug-likeness (QED) is 0.199. The number of ether oxygens (including phenoxy) is 2. The number of pyridine rings is 1. The number of aromatic nitrogens is 3. The molecule has 1 aliphatic carbocycles. The highest BCUT2D eigenvalue weighted by Crippen LogP contribution is 2.44. The number of halogens is 2. The third-order valence-electron chi connectivity index (χ3n) is 11.4. The Kier molecular flexibility index (Phi) is 8.25. The zero-order chi connectivity index (χ0) is 34.7. The van der Waals surface area contributed by atoms with Crippen molar-refractivity contribution >= 4 is 33.6 Å².